The largest absolute Gasteiger partial charge is 0.444 e. The number of β-amino-alcohol motifs (C(OH)–C–C–N with tert-alkyl or cyclic N) is 1. The number of rotatable bonds is 3. The van der Waals surface area contributed by atoms with Crippen LogP contribution in [0.3, 0.4) is 0 Å². The molecule has 1 amide bonds. The predicted octanol–water partition coefficient (Wildman–Crippen LogP) is 1.03. The van der Waals surface area contributed by atoms with Gasteiger partial charge in [-0.1, -0.05) is 0 Å². The second kappa shape index (κ2) is 6.22. The number of likely N-dealkylation sites (tertiary alicyclic amines) is 1. The van der Waals surface area contributed by atoms with Crippen LogP contribution in [0.2, 0.25) is 0 Å². The number of carbonyl (C=O) groups excluding carboxylic acids is 1. The van der Waals surface area contributed by atoms with Crippen LogP contribution in [0.25, 0.3) is 0 Å². The topological polar surface area (TPSA) is 87.2 Å². The molecule has 0 bridgehead atoms. The monoisotopic (exact) mass is 348 g/mol. The van der Waals surface area contributed by atoms with Crippen LogP contribution in [-0.4, -0.2) is 72.5 Å². The fraction of sp³-hybridized carbons (Fsp3) is 0.933. The molecule has 2 fully saturated rings. The summed E-state index contributed by atoms with van der Waals surface area (Å²) >= 11 is 0. The summed E-state index contributed by atoms with van der Waals surface area (Å²) in [5.41, 5.74) is -1.48. The lowest BCUT2D eigenvalue weighted by Crippen LogP contribution is -2.65. The van der Waals surface area contributed by atoms with Crippen molar-refractivity contribution >= 4 is 16.1 Å². The van der Waals surface area contributed by atoms with Crippen LogP contribution in [0.15, 0.2) is 0 Å². The van der Waals surface area contributed by atoms with E-state index in [1.165, 1.54) is 15.5 Å². The third-order valence-electron chi connectivity index (χ3n) is 4.24. The highest BCUT2D eigenvalue weighted by Gasteiger charge is 2.46. The molecule has 2 saturated heterocycles. The van der Waals surface area contributed by atoms with Crippen molar-refractivity contribution in [2.45, 2.75) is 51.2 Å². The number of carbonyl (C=O) groups is 1. The van der Waals surface area contributed by atoms with Crippen molar-refractivity contribution in [1.82, 2.24) is 9.21 Å². The lowest BCUT2D eigenvalue weighted by molar-refractivity contribution is -0.112. The van der Waals surface area contributed by atoms with E-state index in [9.17, 15) is 18.3 Å². The molecule has 23 heavy (non-hydrogen) atoms. The van der Waals surface area contributed by atoms with Crippen molar-refractivity contribution in [3.05, 3.63) is 0 Å². The average Bonchev–Trinajstić information content (AvgIpc) is 2.33. The standard InChI is InChI=1S/C15H28N2O5S/c1-14(2,3)22-13(18)16-10-15(19,11-16)8-12-6-5-7-17(9-12)23(4,20)21/h12,19H,5-11H2,1-4H3. The molecule has 8 heteroatoms. The van der Waals surface area contributed by atoms with Gasteiger partial charge in [0.1, 0.15) is 11.2 Å². The third kappa shape index (κ3) is 5.06. The number of hydrogen-bond donors (Lipinski definition) is 1. The van der Waals surface area contributed by atoms with Gasteiger partial charge >= 0.3 is 6.09 Å². The van der Waals surface area contributed by atoms with E-state index in [2.05, 4.69) is 0 Å². The second-order valence-electron chi connectivity index (χ2n) is 7.89. The van der Waals surface area contributed by atoms with E-state index in [0.29, 0.717) is 19.5 Å². The summed E-state index contributed by atoms with van der Waals surface area (Å²) in [6.45, 7) is 6.91. The zero-order chi connectivity index (χ0) is 17.5. The van der Waals surface area contributed by atoms with E-state index < -0.39 is 27.3 Å². The molecule has 0 saturated carbocycles. The molecule has 2 rings (SSSR count). The summed E-state index contributed by atoms with van der Waals surface area (Å²) in [5, 5.41) is 10.6. The molecule has 1 unspecified atom stereocenters. The van der Waals surface area contributed by atoms with Crippen LogP contribution in [0.5, 0.6) is 0 Å². The summed E-state index contributed by atoms with van der Waals surface area (Å²) in [7, 11) is -3.18. The Labute approximate surface area is 138 Å². The number of nitrogens with zero attached hydrogens (tertiary/aromatic N) is 2. The minimum atomic E-state index is -3.18. The average molecular weight is 348 g/mol. The highest BCUT2D eigenvalue weighted by atomic mass is 32.2. The minimum absolute atomic E-state index is 0.129. The van der Waals surface area contributed by atoms with E-state index in [4.69, 9.17) is 4.74 Å². The van der Waals surface area contributed by atoms with Gasteiger partial charge in [0.25, 0.3) is 0 Å². The summed E-state index contributed by atoms with van der Waals surface area (Å²) in [6, 6.07) is 0. The first-order chi connectivity index (χ1) is 10.4. The smallest absolute Gasteiger partial charge is 0.410 e. The number of piperidine rings is 1. The van der Waals surface area contributed by atoms with E-state index >= 15 is 0 Å². The molecular formula is C15H28N2O5S. The number of sulfonamides is 1. The van der Waals surface area contributed by atoms with Gasteiger partial charge in [0.05, 0.1) is 19.3 Å². The lowest BCUT2D eigenvalue weighted by Gasteiger charge is -2.48. The molecule has 1 N–H and O–H groups in total. The normalized spacial score (nSPS) is 25.8. The first-order valence-corrected chi connectivity index (χ1v) is 9.88. The molecule has 0 aromatic heterocycles. The summed E-state index contributed by atoms with van der Waals surface area (Å²) in [4.78, 5) is 13.4. The van der Waals surface area contributed by atoms with E-state index in [1.54, 1.807) is 20.8 Å². The first-order valence-electron chi connectivity index (χ1n) is 8.03. The van der Waals surface area contributed by atoms with Crippen molar-refractivity contribution in [2.75, 3.05) is 32.4 Å². The predicted molar refractivity (Wildman–Crippen MR) is 86.5 cm³/mol. The molecule has 134 valence electrons. The summed E-state index contributed by atoms with van der Waals surface area (Å²) in [5.74, 6) is 0.129. The molecule has 0 aromatic carbocycles. The quantitative estimate of drug-likeness (QED) is 0.823. The zero-order valence-corrected chi connectivity index (χ0v) is 15.2. The molecule has 0 spiro atoms. The Bertz CT molecular complexity index is 549. The van der Waals surface area contributed by atoms with Crippen LogP contribution >= 0.6 is 0 Å². The third-order valence-corrected chi connectivity index (χ3v) is 5.51. The van der Waals surface area contributed by atoms with Gasteiger partial charge < -0.3 is 14.7 Å². The van der Waals surface area contributed by atoms with Gasteiger partial charge in [0, 0.05) is 13.1 Å². The molecule has 0 radical (unpaired) electrons. The molecule has 2 aliphatic rings. The molecule has 1 atom stereocenters. The molecular weight excluding hydrogens is 320 g/mol. The van der Waals surface area contributed by atoms with Gasteiger partial charge in [-0.15, -0.1) is 0 Å². The number of amides is 1. The van der Waals surface area contributed by atoms with Crippen LogP contribution in [0, 0.1) is 5.92 Å². The SMILES string of the molecule is CC(C)(C)OC(=O)N1CC(O)(CC2CCCN(S(C)(=O)=O)C2)C1. The maximum absolute atomic E-state index is 11.9. The summed E-state index contributed by atoms with van der Waals surface area (Å²) in [6.07, 6.45) is 3.03. The lowest BCUT2D eigenvalue weighted by atomic mass is 9.81. The maximum atomic E-state index is 11.9. The molecule has 2 aliphatic heterocycles. The van der Waals surface area contributed by atoms with Crippen molar-refractivity contribution in [3.63, 3.8) is 0 Å². The number of aliphatic hydroxyl groups is 1. The van der Waals surface area contributed by atoms with E-state index in [1.807, 2.05) is 0 Å². The fourth-order valence-electron chi connectivity index (χ4n) is 3.28. The Morgan fingerprint density at radius 2 is 1.96 bits per heavy atom. The van der Waals surface area contributed by atoms with E-state index in [0.717, 1.165) is 12.8 Å². The van der Waals surface area contributed by atoms with Gasteiger partial charge in [0.2, 0.25) is 10.0 Å². The van der Waals surface area contributed by atoms with Crippen LogP contribution in [-0.2, 0) is 14.8 Å². The van der Waals surface area contributed by atoms with Crippen molar-refractivity contribution in [2.24, 2.45) is 5.92 Å². The van der Waals surface area contributed by atoms with Gasteiger partial charge in [-0.05, 0) is 46.0 Å². The highest BCUT2D eigenvalue weighted by Crippen LogP contribution is 2.33. The first kappa shape index (κ1) is 18.5. The molecule has 2 heterocycles. The van der Waals surface area contributed by atoms with Crippen LogP contribution < -0.4 is 0 Å². The minimum Gasteiger partial charge on any atom is -0.444 e. The van der Waals surface area contributed by atoms with Gasteiger partial charge in [0.15, 0.2) is 0 Å². The molecule has 0 aliphatic carbocycles. The van der Waals surface area contributed by atoms with E-state index in [-0.39, 0.29) is 19.0 Å². The van der Waals surface area contributed by atoms with Crippen molar-refractivity contribution in [1.29, 1.82) is 0 Å². The van der Waals surface area contributed by atoms with Gasteiger partial charge in [-0.2, -0.15) is 0 Å². The Morgan fingerprint density at radius 3 is 2.48 bits per heavy atom. The Kier molecular flexibility index (Phi) is 4.99. The Balaban J connectivity index is 1.84. The van der Waals surface area contributed by atoms with Crippen LogP contribution in [0.4, 0.5) is 4.79 Å². The Morgan fingerprint density at radius 1 is 1.35 bits per heavy atom. The van der Waals surface area contributed by atoms with Crippen LogP contribution in [0.1, 0.15) is 40.0 Å². The number of ether oxygens (including phenoxy) is 1. The Hall–Kier alpha value is -0.860. The highest BCUT2D eigenvalue weighted by molar-refractivity contribution is 7.88. The maximum Gasteiger partial charge on any atom is 0.410 e. The number of hydrogen-bond acceptors (Lipinski definition) is 5. The summed E-state index contributed by atoms with van der Waals surface area (Å²) < 4.78 is 30.1. The van der Waals surface area contributed by atoms with Gasteiger partial charge in [-0.3, -0.25) is 0 Å². The fourth-order valence-corrected chi connectivity index (χ4v) is 4.22. The second-order valence-corrected chi connectivity index (χ2v) is 9.88. The van der Waals surface area contributed by atoms with Crippen molar-refractivity contribution in [3.8, 4) is 0 Å². The van der Waals surface area contributed by atoms with Gasteiger partial charge in [-0.25, -0.2) is 17.5 Å². The van der Waals surface area contributed by atoms with Crippen molar-refractivity contribution < 1.29 is 23.1 Å². The molecule has 0 aromatic rings. The molecule has 7 nitrogen and oxygen atoms in total. The zero-order valence-electron chi connectivity index (χ0n) is 14.4.